The number of aliphatic hydroxyl groups excluding tert-OH is 1. The Morgan fingerprint density at radius 1 is 1.29 bits per heavy atom. The number of amides is 2. The molecule has 2 amide bonds. The molecular formula is C21H31N3O4. The Morgan fingerprint density at radius 2 is 1.96 bits per heavy atom. The molecule has 154 valence electrons. The van der Waals surface area contributed by atoms with E-state index in [9.17, 15) is 14.7 Å². The maximum absolute atomic E-state index is 12.2. The third kappa shape index (κ3) is 6.36. The van der Waals surface area contributed by atoms with E-state index in [0.29, 0.717) is 17.9 Å². The second-order valence-electron chi connectivity index (χ2n) is 8.79. The maximum Gasteiger partial charge on any atom is 0.314 e. The lowest BCUT2D eigenvalue weighted by Crippen LogP contribution is -2.47. The number of nitrogens with zero attached hydrogens (tertiary/aromatic N) is 1. The van der Waals surface area contributed by atoms with Crippen LogP contribution in [0, 0.1) is 10.8 Å². The predicted molar refractivity (Wildman–Crippen MR) is 107 cm³/mol. The lowest BCUT2D eigenvalue weighted by molar-refractivity contribution is 0.0848. The first-order chi connectivity index (χ1) is 13.2. The van der Waals surface area contributed by atoms with E-state index >= 15 is 0 Å². The van der Waals surface area contributed by atoms with Crippen LogP contribution in [0.3, 0.4) is 0 Å². The molecule has 1 saturated carbocycles. The van der Waals surface area contributed by atoms with Gasteiger partial charge in [0.25, 0.3) is 0 Å². The second kappa shape index (κ2) is 9.22. The Kier molecular flexibility index (Phi) is 7.22. The lowest BCUT2D eigenvalue weighted by atomic mass is 9.63. The van der Waals surface area contributed by atoms with Crippen LogP contribution in [-0.2, 0) is 4.79 Å². The first-order valence-corrected chi connectivity index (χ1v) is 9.57. The summed E-state index contributed by atoms with van der Waals surface area (Å²) in [6.07, 6.45) is 3.39. The molecule has 1 aromatic carbocycles. The molecule has 1 aliphatic rings. The molecule has 0 spiro atoms. The van der Waals surface area contributed by atoms with Gasteiger partial charge in [0.05, 0.1) is 19.3 Å². The van der Waals surface area contributed by atoms with Crippen LogP contribution in [0.5, 0.6) is 5.75 Å². The number of benzene rings is 1. The summed E-state index contributed by atoms with van der Waals surface area (Å²) in [4.78, 5) is 26.8. The van der Waals surface area contributed by atoms with E-state index in [0.717, 1.165) is 19.3 Å². The Hall–Kier alpha value is -2.37. The van der Waals surface area contributed by atoms with Crippen LogP contribution in [-0.4, -0.2) is 43.5 Å². The lowest BCUT2D eigenvalue weighted by Gasteiger charge is -2.45. The van der Waals surface area contributed by atoms with E-state index in [1.54, 1.807) is 37.5 Å². The minimum Gasteiger partial charge on any atom is -0.497 e. The molecule has 1 fully saturated rings. The molecule has 1 aromatic rings. The molecule has 1 aliphatic carbocycles. The minimum absolute atomic E-state index is 0.0424. The van der Waals surface area contributed by atoms with Gasteiger partial charge in [-0.15, -0.1) is 0 Å². The third-order valence-electron chi connectivity index (χ3n) is 5.29. The highest BCUT2D eigenvalue weighted by atomic mass is 16.5. The molecule has 2 rings (SSSR count). The van der Waals surface area contributed by atoms with Crippen LogP contribution in [0.2, 0.25) is 0 Å². The number of carbonyl (C=O) groups is 1. The number of carbonyl (C=O) groups excluding carboxylic acids is 2. The topological polar surface area (TPSA) is 100 Å². The number of urea groups is 1. The highest BCUT2D eigenvalue weighted by Crippen LogP contribution is 2.46. The van der Waals surface area contributed by atoms with E-state index in [1.165, 1.54) is 0 Å². The van der Waals surface area contributed by atoms with Gasteiger partial charge >= 0.3 is 6.03 Å². The molecular weight excluding hydrogens is 358 g/mol. The molecule has 28 heavy (non-hydrogen) atoms. The molecule has 7 heteroatoms. The van der Waals surface area contributed by atoms with E-state index in [4.69, 9.17) is 4.74 Å². The molecule has 0 aliphatic heterocycles. The minimum atomic E-state index is -0.799. The van der Waals surface area contributed by atoms with Gasteiger partial charge in [-0.05, 0) is 47.8 Å². The standard InChI is InChI=1S/C21H31N3O4/c1-20(2)9-16(24-14-25)10-21(3,12-20)13-23-19(27)22-11-18(26)15-5-7-17(28-4)8-6-15/h5-8,16,18,26H,9-13H2,1-4H3,(H2,22,23,27). The van der Waals surface area contributed by atoms with Crippen molar-refractivity contribution in [2.75, 3.05) is 20.2 Å². The highest BCUT2D eigenvalue weighted by Gasteiger charge is 2.41. The van der Waals surface area contributed by atoms with Gasteiger partial charge in [-0.2, -0.15) is 0 Å². The number of aliphatic imine (C=N–C) groups is 1. The number of methoxy groups -OCH3 is 1. The summed E-state index contributed by atoms with van der Waals surface area (Å²) in [5.74, 6) is 0.711. The van der Waals surface area contributed by atoms with Gasteiger partial charge in [0.2, 0.25) is 6.08 Å². The van der Waals surface area contributed by atoms with Crippen LogP contribution in [0.4, 0.5) is 4.79 Å². The van der Waals surface area contributed by atoms with Gasteiger partial charge in [-0.25, -0.2) is 14.6 Å². The number of rotatable bonds is 7. The Morgan fingerprint density at radius 3 is 2.57 bits per heavy atom. The quantitative estimate of drug-likeness (QED) is 0.493. The van der Waals surface area contributed by atoms with Crippen molar-refractivity contribution in [1.29, 1.82) is 0 Å². The SMILES string of the molecule is COc1ccc(C(O)CNC(=O)NCC2(C)CC(N=C=O)CC(C)(C)C2)cc1. The fourth-order valence-electron chi connectivity index (χ4n) is 4.37. The van der Waals surface area contributed by atoms with Crippen molar-refractivity contribution in [3.8, 4) is 5.75 Å². The Bertz CT molecular complexity index is 713. The number of ether oxygens (including phenoxy) is 1. The second-order valence-corrected chi connectivity index (χ2v) is 8.79. The zero-order valence-electron chi connectivity index (χ0n) is 17.1. The van der Waals surface area contributed by atoms with Crippen LogP contribution in [0.15, 0.2) is 29.3 Å². The summed E-state index contributed by atoms with van der Waals surface area (Å²) < 4.78 is 5.09. The summed E-state index contributed by atoms with van der Waals surface area (Å²) in [5.41, 5.74) is 0.594. The van der Waals surface area contributed by atoms with Crippen molar-refractivity contribution in [2.24, 2.45) is 15.8 Å². The Labute approximate surface area is 166 Å². The van der Waals surface area contributed by atoms with Crippen molar-refractivity contribution in [3.05, 3.63) is 29.8 Å². The molecule has 0 saturated heterocycles. The zero-order valence-corrected chi connectivity index (χ0v) is 17.1. The maximum atomic E-state index is 12.2. The highest BCUT2D eigenvalue weighted by molar-refractivity contribution is 5.73. The molecule has 3 atom stereocenters. The fraction of sp³-hybridized carbons (Fsp3) is 0.619. The largest absolute Gasteiger partial charge is 0.497 e. The molecule has 3 unspecified atom stereocenters. The molecule has 3 N–H and O–H groups in total. The normalized spacial score (nSPS) is 24.5. The van der Waals surface area contributed by atoms with Gasteiger partial charge in [0, 0.05) is 13.1 Å². The number of aliphatic hydroxyl groups is 1. The zero-order chi connectivity index (χ0) is 20.8. The molecule has 0 bridgehead atoms. The van der Waals surface area contributed by atoms with Crippen molar-refractivity contribution >= 4 is 12.1 Å². The summed E-state index contributed by atoms with van der Waals surface area (Å²) in [6.45, 7) is 7.00. The average Bonchev–Trinajstić information content (AvgIpc) is 2.63. The van der Waals surface area contributed by atoms with E-state index in [2.05, 4.69) is 36.4 Å². The van der Waals surface area contributed by atoms with Crippen LogP contribution in [0.1, 0.15) is 51.7 Å². The summed E-state index contributed by atoms with van der Waals surface area (Å²) in [5, 5.41) is 15.8. The number of isocyanates is 1. The van der Waals surface area contributed by atoms with Crippen molar-refractivity contribution < 1.29 is 19.4 Å². The molecule has 7 nitrogen and oxygen atoms in total. The fourth-order valence-corrected chi connectivity index (χ4v) is 4.37. The Balaban J connectivity index is 1.84. The van der Waals surface area contributed by atoms with Gasteiger partial charge in [-0.3, -0.25) is 0 Å². The number of nitrogens with one attached hydrogen (secondary N) is 2. The molecule has 0 aromatic heterocycles. The summed E-state index contributed by atoms with van der Waals surface area (Å²) in [6, 6.07) is 6.68. The smallest absolute Gasteiger partial charge is 0.314 e. The van der Waals surface area contributed by atoms with E-state index in [-0.39, 0.29) is 29.4 Å². The van der Waals surface area contributed by atoms with E-state index < -0.39 is 6.10 Å². The van der Waals surface area contributed by atoms with Crippen molar-refractivity contribution in [2.45, 2.75) is 52.2 Å². The molecule has 0 radical (unpaired) electrons. The van der Waals surface area contributed by atoms with Gasteiger partial charge in [0.1, 0.15) is 5.75 Å². The summed E-state index contributed by atoms with van der Waals surface area (Å²) in [7, 11) is 1.58. The van der Waals surface area contributed by atoms with Crippen molar-refractivity contribution in [1.82, 2.24) is 10.6 Å². The number of hydrogen-bond donors (Lipinski definition) is 3. The third-order valence-corrected chi connectivity index (χ3v) is 5.29. The monoisotopic (exact) mass is 389 g/mol. The molecule has 0 heterocycles. The van der Waals surface area contributed by atoms with Crippen LogP contribution in [0.25, 0.3) is 0 Å². The van der Waals surface area contributed by atoms with E-state index in [1.807, 2.05) is 0 Å². The van der Waals surface area contributed by atoms with Crippen LogP contribution < -0.4 is 15.4 Å². The van der Waals surface area contributed by atoms with Gasteiger partial charge < -0.3 is 20.5 Å². The predicted octanol–water partition coefficient (Wildman–Crippen LogP) is 2.95. The van der Waals surface area contributed by atoms with Gasteiger partial charge in [-0.1, -0.05) is 32.9 Å². The number of hydrogen-bond acceptors (Lipinski definition) is 5. The first-order valence-electron chi connectivity index (χ1n) is 9.57. The van der Waals surface area contributed by atoms with Gasteiger partial charge in [0.15, 0.2) is 0 Å². The average molecular weight is 389 g/mol. The first kappa shape index (κ1) is 21.9. The van der Waals surface area contributed by atoms with Crippen LogP contribution >= 0.6 is 0 Å². The summed E-state index contributed by atoms with van der Waals surface area (Å²) >= 11 is 0. The van der Waals surface area contributed by atoms with Crippen molar-refractivity contribution in [3.63, 3.8) is 0 Å².